The zero-order valence-corrected chi connectivity index (χ0v) is 13.2. The summed E-state index contributed by atoms with van der Waals surface area (Å²) >= 11 is 0. The summed E-state index contributed by atoms with van der Waals surface area (Å²) < 4.78 is 0. The summed E-state index contributed by atoms with van der Waals surface area (Å²) in [5.74, 6) is 0.708. The van der Waals surface area contributed by atoms with Crippen LogP contribution < -0.4 is 0 Å². The van der Waals surface area contributed by atoms with Gasteiger partial charge in [-0.25, -0.2) is 0 Å². The summed E-state index contributed by atoms with van der Waals surface area (Å²) in [4.78, 5) is 16.8. The number of carbonyl (C=O) groups is 1. The van der Waals surface area contributed by atoms with E-state index in [1.807, 2.05) is 11.9 Å². The third-order valence-electron chi connectivity index (χ3n) is 4.96. The van der Waals surface area contributed by atoms with Crippen LogP contribution in [0.25, 0.3) is 0 Å². The first-order chi connectivity index (χ1) is 10.1. The van der Waals surface area contributed by atoms with E-state index in [-0.39, 0.29) is 0 Å². The summed E-state index contributed by atoms with van der Waals surface area (Å²) in [5, 5.41) is 0. The van der Waals surface area contributed by atoms with Gasteiger partial charge in [0.15, 0.2) is 0 Å². The minimum Gasteiger partial charge on any atom is -0.341 e. The van der Waals surface area contributed by atoms with E-state index in [9.17, 15) is 4.79 Å². The van der Waals surface area contributed by atoms with Crippen molar-refractivity contribution >= 4 is 5.91 Å². The zero-order chi connectivity index (χ0) is 14.8. The SMILES string of the molecule is Cc1ccccc1CN1CCCC(N(C)C(=O)C2CC2)C1. The Labute approximate surface area is 127 Å². The lowest BCUT2D eigenvalue weighted by atomic mass is 10.0. The Kier molecular flexibility index (Phi) is 4.29. The molecule has 114 valence electrons. The van der Waals surface area contributed by atoms with Gasteiger partial charge in [0.2, 0.25) is 5.91 Å². The van der Waals surface area contributed by atoms with Crippen LogP contribution in [0.5, 0.6) is 0 Å². The van der Waals surface area contributed by atoms with Crippen LogP contribution in [0.15, 0.2) is 24.3 Å². The number of amides is 1. The molecule has 1 heterocycles. The first-order valence-electron chi connectivity index (χ1n) is 8.18. The molecule has 0 spiro atoms. The van der Waals surface area contributed by atoms with Crippen LogP contribution >= 0.6 is 0 Å². The van der Waals surface area contributed by atoms with Gasteiger partial charge < -0.3 is 4.90 Å². The fraction of sp³-hybridized carbons (Fsp3) is 0.611. The van der Waals surface area contributed by atoms with Crippen LogP contribution in [-0.2, 0) is 11.3 Å². The van der Waals surface area contributed by atoms with Crippen LogP contribution in [0.3, 0.4) is 0 Å². The minimum absolute atomic E-state index is 0.335. The fourth-order valence-electron chi connectivity index (χ4n) is 3.32. The quantitative estimate of drug-likeness (QED) is 0.850. The molecule has 0 N–H and O–H groups in total. The lowest BCUT2D eigenvalue weighted by Gasteiger charge is -2.38. The van der Waals surface area contributed by atoms with Crippen molar-refractivity contribution in [2.45, 2.75) is 45.2 Å². The molecule has 1 aromatic rings. The van der Waals surface area contributed by atoms with Gasteiger partial charge in [0.05, 0.1) is 0 Å². The van der Waals surface area contributed by atoms with E-state index in [0.717, 1.165) is 38.9 Å². The fourth-order valence-corrected chi connectivity index (χ4v) is 3.32. The molecule has 0 bridgehead atoms. The van der Waals surface area contributed by atoms with Gasteiger partial charge in [0.25, 0.3) is 0 Å². The first kappa shape index (κ1) is 14.6. The normalized spacial score (nSPS) is 23.0. The standard InChI is InChI=1S/C18H26N2O/c1-14-6-3-4-7-16(14)12-20-11-5-8-17(13-20)19(2)18(21)15-9-10-15/h3-4,6-7,15,17H,5,8-13H2,1-2H3. The molecule has 1 aliphatic carbocycles. The number of nitrogens with zero attached hydrogens (tertiary/aromatic N) is 2. The summed E-state index contributed by atoms with van der Waals surface area (Å²) in [7, 11) is 2.00. The van der Waals surface area contributed by atoms with Gasteiger partial charge in [0.1, 0.15) is 0 Å². The number of hydrogen-bond donors (Lipinski definition) is 0. The Morgan fingerprint density at radius 1 is 1.29 bits per heavy atom. The molecule has 3 nitrogen and oxygen atoms in total. The third kappa shape index (κ3) is 3.46. The molecule has 2 fully saturated rings. The molecule has 21 heavy (non-hydrogen) atoms. The van der Waals surface area contributed by atoms with Gasteiger partial charge in [-0.1, -0.05) is 24.3 Å². The maximum Gasteiger partial charge on any atom is 0.225 e. The molecule has 3 rings (SSSR count). The van der Waals surface area contributed by atoms with E-state index in [4.69, 9.17) is 0 Å². The molecular formula is C18H26N2O. The van der Waals surface area contributed by atoms with Crippen molar-refractivity contribution in [2.75, 3.05) is 20.1 Å². The lowest BCUT2D eigenvalue weighted by molar-refractivity contribution is -0.134. The minimum atomic E-state index is 0.335. The Hall–Kier alpha value is -1.35. The van der Waals surface area contributed by atoms with Gasteiger partial charge in [-0.15, -0.1) is 0 Å². The smallest absolute Gasteiger partial charge is 0.225 e. The Morgan fingerprint density at radius 2 is 2.05 bits per heavy atom. The summed E-state index contributed by atoms with van der Waals surface area (Å²) in [6.45, 7) is 5.35. The van der Waals surface area contributed by atoms with Crippen molar-refractivity contribution in [3.05, 3.63) is 35.4 Å². The Morgan fingerprint density at radius 3 is 2.76 bits per heavy atom. The number of rotatable bonds is 4. The molecule has 1 amide bonds. The summed E-state index contributed by atoms with van der Waals surface area (Å²) in [5.41, 5.74) is 2.77. The maximum atomic E-state index is 12.2. The number of likely N-dealkylation sites (tertiary alicyclic amines) is 1. The number of hydrogen-bond acceptors (Lipinski definition) is 2. The molecule has 2 aliphatic rings. The van der Waals surface area contributed by atoms with Gasteiger partial charge in [-0.05, 0) is 50.3 Å². The molecular weight excluding hydrogens is 260 g/mol. The van der Waals surface area contributed by atoms with Crippen LogP contribution in [0.4, 0.5) is 0 Å². The molecule has 3 heteroatoms. The number of benzene rings is 1. The molecule has 1 saturated carbocycles. The van der Waals surface area contributed by atoms with E-state index in [0.29, 0.717) is 17.9 Å². The molecule has 0 aromatic heterocycles. The van der Waals surface area contributed by atoms with Crippen molar-refractivity contribution in [1.29, 1.82) is 0 Å². The number of piperidine rings is 1. The van der Waals surface area contributed by atoms with Gasteiger partial charge in [0, 0.05) is 32.1 Å². The largest absolute Gasteiger partial charge is 0.341 e. The van der Waals surface area contributed by atoms with E-state index >= 15 is 0 Å². The highest BCUT2D eigenvalue weighted by Crippen LogP contribution is 2.32. The number of carbonyl (C=O) groups excluding carboxylic acids is 1. The molecule has 1 saturated heterocycles. The average molecular weight is 286 g/mol. The Bertz CT molecular complexity index is 510. The van der Waals surface area contributed by atoms with Crippen LogP contribution in [0, 0.1) is 12.8 Å². The molecule has 0 radical (unpaired) electrons. The van der Waals surface area contributed by atoms with Crippen molar-refractivity contribution in [3.8, 4) is 0 Å². The van der Waals surface area contributed by atoms with Crippen molar-refractivity contribution < 1.29 is 4.79 Å². The zero-order valence-electron chi connectivity index (χ0n) is 13.2. The lowest BCUT2D eigenvalue weighted by Crippen LogP contribution is -2.48. The van der Waals surface area contributed by atoms with E-state index < -0.39 is 0 Å². The molecule has 1 atom stereocenters. The van der Waals surface area contributed by atoms with Crippen molar-refractivity contribution in [3.63, 3.8) is 0 Å². The monoisotopic (exact) mass is 286 g/mol. The van der Waals surface area contributed by atoms with Gasteiger partial charge >= 0.3 is 0 Å². The van der Waals surface area contributed by atoms with Crippen LogP contribution in [-0.4, -0.2) is 41.9 Å². The van der Waals surface area contributed by atoms with E-state index in [1.54, 1.807) is 0 Å². The molecule has 1 aliphatic heterocycles. The summed E-state index contributed by atoms with van der Waals surface area (Å²) in [6, 6.07) is 9.01. The number of likely N-dealkylation sites (N-methyl/N-ethyl adjacent to an activating group) is 1. The van der Waals surface area contributed by atoms with Crippen molar-refractivity contribution in [1.82, 2.24) is 9.80 Å². The number of aryl methyl sites for hydroxylation is 1. The first-order valence-corrected chi connectivity index (χ1v) is 8.18. The van der Waals surface area contributed by atoms with Crippen LogP contribution in [0.1, 0.15) is 36.8 Å². The highest BCUT2D eigenvalue weighted by molar-refractivity contribution is 5.81. The maximum absolute atomic E-state index is 12.2. The van der Waals surface area contributed by atoms with Gasteiger partial charge in [-0.3, -0.25) is 9.69 Å². The highest BCUT2D eigenvalue weighted by atomic mass is 16.2. The topological polar surface area (TPSA) is 23.6 Å². The van der Waals surface area contributed by atoms with Crippen LogP contribution in [0.2, 0.25) is 0 Å². The van der Waals surface area contributed by atoms with Gasteiger partial charge in [-0.2, -0.15) is 0 Å². The van der Waals surface area contributed by atoms with Crippen molar-refractivity contribution in [2.24, 2.45) is 5.92 Å². The summed E-state index contributed by atoms with van der Waals surface area (Å²) in [6.07, 6.45) is 4.55. The van der Waals surface area contributed by atoms with E-state index in [2.05, 4.69) is 36.1 Å². The Balaban J connectivity index is 1.60. The average Bonchev–Trinajstić information content (AvgIpc) is 3.33. The van der Waals surface area contributed by atoms with E-state index in [1.165, 1.54) is 17.5 Å². The predicted octanol–water partition coefficient (Wildman–Crippen LogP) is 2.83. The predicted molar refractivity (Wildman–Crippen MR) is 85.0 cm³/mol. The third-order valence-corrected chi connectivity index (χ3v) is 4.96. The second-order valence-corrected chi connectivity index (χ2v) is 6.68. The molecule has 1 unspecified atom stereocenters. The highest BCUT2D eigenvalue weighted by Gasteiger charge is 2.35. The second kappa shape index (κ2) is 6.18. The second-order valence-electron chi connectivity index (χ2n) is 6.68. The molecule has 1 aromatic carbocycles.